The Balaban J connectivity index is 1.21. The first-order valence-electron chi connectivity index (χ1n) is 16.0. The van der Waals surface area contributed by atoms with Crippen molar-refractivity contribution in [1.82, 2.24) is 19.9 Å². The highest BCUT2D eigenvalue weighted by molar-refractivity contribution is 7.25. The zero-order valence-corrected chi connectivity index (χ0v) is 26.9. The van der Waals surface area contributed by atoms with Crippen LogP contribution >= 0.6 is 11.3 Å². The Morgan fingerprint density at radius 3 is 2.47 bits per heavy atom. The summed E-state index contributed by atoms with van der Waals surface area (Å²) in [6, 6.07) is 36.1. The fourth-order valence-corrected chi connectivity index (χ4v) is 8.70. The number of benzene rings is 5. The standard InChI is InChI=1S/C41H28N4OS/c1-22(2)41(3)30-13-7-5-11-25(30)26-17-18-27-29-20-23(16-19-32(29)46-37(27)35(26)41)38-44-36(39-42-21-24-10-4-8-14-31(24)43-39)34-28-12-6-9-15-33(28)47-40(34)45-38/h4-22H,1-3H3. The van der Waals surface area contributed by atoms with E-state index < -0.39 is 0 Å². The first-order valence-corrected chi connectivity index (χ1v) is 16.8. The molecule has 47 heavy (non-hydrogen) atoms. The molecule has 0 saturated carbocycles. The average molecular weight is 625 g/mol. The lowest BCUT2D eigenvalue weighted by Gasteiger charge is -2.31. The number of hydrogen-bond donors (Lipinski definition) is 0. The second kappa shape index (κ2) is 9.53. The molecule has 4 heterocycles. The largest absolute Gasteiger partial charge is 0.456 e. The normalized spacial score (nSPS) is 15.8. The molecule has 1 atom stereocenters. The fourth-order valence-electron chi connectivity index (χ4n) is 7.62. The maximum atomic E-state index is 6.75. The molecule has 0 bridgehead atoms. The predicted octanol–water partition coefficient (Wildman–Crippen LogP) is 11.0. The molecular weight excluding hydrogens is 597 g/mol. The summed E-state index contributed by atoms with van der Waals surface area (Å²) in [6.07, 6.45) is 1.88. The lowest BCUT2D eigenvalue weighted by atomic mass is 9.71. The molecule has 0 aliphatic heterocycles. The van der Waals surface area contributed by atoms with E-state index in [0.29, 0.717) is 17.6 Å². The molecule has 10 rings (SSSR count). The number of furan rings is 1. The van der Waals surface area contributed by atoms with Gasteiger partial charge in [0.1, 0.15) is 21.7 Å². The lowest BCUT2D eigenvalue weighted by Crippen LogP contribution is -2.27. The topological polar surface area (TPSA) is 64.7 Å². The van der Waals surface area contributed by atoms with Crippen LogP contribution in [0.4, 0.5) is 0 Å². The summed E-state index contributed by atoms with van der Waals surface area (Å²) in [7, 11) is 0. The number of aromatic nitrogens is 4. The van der Waals surface area contributed by atoms with Crippen molar-refractivity contribution < 1.29 is 4.42 Å². The van der Waals surface area contributed by atoms with E-state index in [1.807, 2.05) is 30.5 Å². The van der Waals surface area contributed by atoms with Crippen molar-refractivity contribution >= 4 is 64.5 Å². The number of hydrogen-bond acceptors (Lipinski definition) is 6. The summed E-state index contributed by atoms with van der Waals surface area (Å²) in [5, 5.41) is 5.28. The van der Waals surface area contributed by atoms with Crippen LogP contribution in [0.2, 0.25) is 0 Å². The third kappa shape index (κ3) is 3.64. The van der Waals surface area contributed by atoms with Crippen molar-refractivity contribution in [2.45, 2.75) is 26.2 Å². The average Bonchev–Trinajstić information content (AvgIpc) is 3.76. The number of nitrogens with zero attached hydrogens (tertiary/aromatic N) is 4. The van der Waals surface area contributed by atoms with Crippen LogP contribution in [0, 0.1) is 5.92 Å². The van der Waals surface area contributed by atoms with Crippen LogP contribution in [-0.4, -0.2) is 19.9 Å². The van der Waals surface area contributed by atoms with Gasteiger partial charge in [0.2, 0.25) is 0 Å². The van der Waals surface area contributed by atoms with Gasteiger partial charge < -0.3 is 4.42 Å². The number of fused-ring (bicyclic) bond motifs is 11. The molecule has 0 saturated heterocycles. The first kappa shape index (κ1) is 26.7. The molecule has 5 aromatic carbocycles. The lowest BCUT2D eigenvalue weighted by molar-refractivity contribution is 0.413. The van der Waals surface area contributed by atoms with Crippen molar-refractivity contribution in [2.24, 2.45) is 5.92 Å². The van der Waals surface area contributed by atoms with Crippen LogP contribution in [0.25, 0.3) is 87.2 Å². The Bertz CT molecular complexity index is 2760. The molecule has 0 N–H and O–H groups in total. The van der Waals surface area contributed by atoms with E-state index in [-0.39, 0.29) is 5.41 Å². The van der Waals surface area contributed by atoms with Gasteiger partial charge in [-0.1, -0.05) is 87.5 Å². The predicted molar refractivity (Wildman–Crippen MR) is 193 cm³/mol. The van der Waals surface area contributed by atoms with Crippen LogP contribution in [0.15, 0.2) is 114 Å². The highest BCUT2D eigenvalue weighted by Crippen LogP contribution is 2.55. The molecule has 1 unspecified atom stereocenters. The Morgan fingerprint density at radius 2 is 1.55 bits per heavy atom. The second-order valence-electron chi connectivity index (χ2n) is 13.0. The number of rotatable bonds is 3. The molecular formula is C41H28N4OS. The summed E-state index contributed by atoms with van der Waals surface area (Å²) in [4.78, 5) is 21.1. The molecule has 0 amide bonds. The Morgan fingerprint density at radius 1 is 0.723 bits per heavy atom. The summed E-state index contributed by atoms with van der Waals surface area (Å²) >= 11 is 1.68. The summed E-state index contributed by atoms with van der Waals surface area (Å²) in [5.74, 6) is 1.63. The molecule has 6 heteroatoms. The van der Waals surface area contributed by atoms with E-state index in [9.17, 15) is 0 Å². The van der Waals surface area contributed by atoms with Gasteiger partial charge in [-0.2, -0.15) is 0 Å². The number of thiophene rings is 1. The third-order valence-electron chi connectivity index (χ3n) is 10.3. The van der Waals surface area contributed by atoms with Gasteiger partial charge in [-0.05, 0) is 59.0 Å². The van der Waals surface area contributed by atoms with Gasteiger partial charge in [0, 0.05) is 54.4 Å². The highest BCUT2D eigenvalue weighted by atomic mass is 32.1. The maximum absolute atomic E-state index is 6.75. The zero-order valence-electron chi connectivity index (χ0n) is 26.1. The minimum atomic E-state index is -0.160. The van der Waals surface area contributed by atoms with Crippen molar-refractivity contribution in [3.63, 3.8) is 0 Å². The van der Waals surface area contributed by atoms with Crippen molar-refractivity contribution in [2.75, 3.05) is 0 Å². The van der Waals surface area contributed by atoms with Gasteiger partial charge >= 0.3 is 0 Å². The minimum Gasteiger partial charge on any atom is -0.456 e. The fraction of sp³-hybridized carbons (Fsp3) is 0.122. The number of para-hydroxylation sites is 1. The van der Waals surface area contributed by atoms with Crippen LogP contribution in [-0.2, 0) is 5.41 Å². The summed E-state index contributed by atoms with van der Waals surface area (Å²) < 4.78 is 7.91. The van der Waals surface area contributed by atoms with E-state index in [4.69, 9.17) is 24.4 Å². The van der Waals surface area contributed by atoms with Crippen molar-refractivity contribution in [3.05, 3.63) is 120 Å². The maximum Gasteiger partial charge on any atom is 0.179 e. The van der Waals surface area contributed by atoms with E-state index in [1.165, 1.54) is 22.3 Å². The molecule has 4 aromatic heterocycles. The van der Waals surface area contributed by atoms with E-state index in [0.717, 1.165) is 64.4 Å². The van der Waals surface area contributed by atoms with E-state index >= 15 is 0 Å². The summed E-state index contributed by atoms with van der Waals surface area (Å²) in [5.41, 5.74) is 9.44. The smallest absolute Gasteiger partial charge is 0.179 e. The Kier molecular flexibility index (Phi) is 5.42. The first-order chi connectivity index (χ1) is 23.0. The van der Waals surface area contributed by atoms with Gasteiger partial charge in [0.05, 0.1) is 5.52 Å². The quantitative estimate of drug-likeness (QED) is 0.196. The molecule has 0 radical (unpaired) electrons. The van der Waals surface area contributed by atoms with Gasteiger partial charge in [-0.25, -0.2) is 19.9 Å². The SMILES string of the molecule is CC(C)C1(C)c2ccccc2-c2ccc3c(oc4ccc(-c5nc(-c6ncc7ccccc7n6)c6c(n5)sc5ccccc56)cc43)c21. The van der Waals surface area contributed by atoms with Gasteiger partial charge in [-0.3, -0.25) is 0 Å². The second-order valence-corrected chi connectivity index (χ2v) is 14.0. The molecule has 0 spiro atoms. The Hall–Kier alpha value is -5.46. The van der Waals surface area contributed by atoms with E-state index in [1.54, 1.807) is 11.3 Å². The monoisotopic (exact) mass is 624 g/mol. The summed E-state index contributed by atoms with van der Waals surface area (Å²) in [6.45, 7) is 6.98. The van der Waals surface area contributed by atoms with Crippen LogP contribution in [0.5, 0.6) is 0 Å². The van der Waals surface area contributed by atoms with Crippen LogP contribution in [0.1, 0.15) is 31.9 Å². The molecule has 0 fully saturated rings. The molecule has 1 aliphatic rings. The van der Waals surface area contributed by atoms with Crippen molar-refractivity contribution in [3.8, 4) is 34.0 Å². The Labute approximate surface area is 274 Å². The minimum absolute atomic E-state index is 0.160. The highest BCUT2D eigenvalue weighted by Gasteiger charge is 2.44. The van der Waals surface area contributed by atoms with Gasteiger partial charge in [0.15, 0.2) is 11.6 Å². The van der Waals surface area contributed by atoms with E-state index in [2.05, 4.69) is 99.6 Å². The molecule has 5 nitrogen and oxygen atoms in total. The van der Waals surface area contributed by atoms with Crippen LogP contribution in [0.3, 0.4) is 0 Å². The molecule has 9 aromatic rings. The van der Waals surface area contributed by atoms with Crippen LogP contribution < -0.4 is 0 Å². The third-order valence-corrected chi connectivity index (χ3v) is 11.4. The van der Waals surface area contributed by atoms with Gasteiger partial charge in [0.25, 0.3) is 0 Å². The van der Waals surface area contributed by atoms with Crippen molar-refractivity contribution in [1.29, 1.82) is 0 Å². The molecule has 1 aliphatic carbocycles. The molecule has 224 valence electrons. The zero-order chi connectivity index (χ0) is 31.4. The van der Waals surface area contributed by atoms with Gasteiger partial charge in [-0.15, -0.1) is 11.3 Å².